The van der Waals surface area contributed by atoms with Gasteiger partial charge in [0.1, 0.15) is 0 Å². The Morgan fingerprint density at radius 2 is 1.69 bits per heavy atom. The molecule has 0 aliphatic heterocycles. The molecule has 1 fully saturated rings. The summed E-state index contributed by atoms with van der Waals surface area (Å²) >= 11 is 0. The van der Waals surface area contributed by atoms with Gasteiger partial charge in [-0.05, 0) is 17.8 Å². The third-order valence-corrected chi connectivity index (χ3v) is 4.03. The average molecular weight is 182 g/mol. The standard InChI is InChI=1S/C13H26/c1-4-8-13-10-7-5-6-9-11(2)12(13)3/h11-13H,4-10H2,1-3H3. The van der Waals surface area contributed by atoms with Crippen LogP contribution in [-0.4, -0.2) is 0 Å². The summed E-state index contributed by atoms with van der Waals surface area (Å²) in [5.74, 6) is 2.97. The molecule has 0 heterocycles. The molecule has 0 bridgehead atoms. The van der Waals surface area contributed by atoms with E-state index in [1.54, 1.807) is 0 Å². The topological polar surface area (TPSA) is 0 Å². The minimum atomic E-state index is 0.969. The maximum Gasteiger partial charge on any atom is -0.0386 e. The predicted molar refractivity (Wildman–Crippen MR) is 59.8 cm³/mol. The first-order valence-electron chi connectivity index (χ1n) is 6.25. The third kappa shape index (κ3) is 3.32. The summed E-state index contributed by atoms with van der Waals surface area (Å²) < 4.78 is 0. The van der Waals surface area contributed by atoms with Crippen LogP contribution in [-0.2, 0) is 0 Å². The van der Waals surface area contributed by atoms with E-state index in [9.17, 15) is 0 Å². The summed E-state index contributed by atoms with van der Waals surface area (Å²) in [5, 5.41) is 0. The highest BCUT2D eigenvalue weighted by molar-refractivity contribution is 4.74. The molecule has 13 heavy (non-hydrogen) atoms. The van der Waals surface area contributed by atoms with Gasteiger partial charge >= 0.3 is 0 Å². The molecule has 0 aromatic heterocycles. The second kappa shape index (κ2) is 5.67. The Morgan fingerprint density at radius 1 is 1.00 bits per heavy atom. The highest BCUT2D eigenvalue weighted by atomic mass is 14.3. The van der Waals surface area contributed by atoms with E-state index in [0.29, 0.717) is 0 Å². The van der Waals surface area contributed by atoms with Crippen molar-refractivity contribution in [2.24, 2.45) is 17.8 Å². The molecule has 0 nitrogen and oxygen atoms in total. The molecule has 1 saturated carbocycles. The molecule has 0 heteroatoms. The molecule has 1 aliphatic rings. The fraction of sp³-hybridized carbons (Fsp3) is 1.00. The van der Waals surface area contributed by atoms with Crippen LogP contribution >= 0.6 is 0 Å². The largest absolute Gasteiger partial charge is 0.0654 e. The van der Waals surface area contributed by atoms with Crippen molar-refractivity contribution >= 4 is 0 Å². The van der Waals surface area contributed by atoms with Gasteiger partial charge in [0.25, 0.3) is 0 Å². The lowest BCUT2D eigenvalue weighted by molar-refractivity contribution is 0.199. The van der Waals surface area contributed by atoms with Gasteiger partial charge in [-0.3, -0.25) is 0 Å². The monoisotopic (exact) mass is 182 g/mol. The van der Waals surface area contributed by atoms with Crippen LogP contribution in [0.1, 0.15) is 65.7 Å². The van der Waals surface area contributed by atoms with Crippen LogP contribution < -0.4 is 0 Å². The van der Waals surface area contributed by atoms with Crippen LogP contribution in [0.2, 0.25) is 0 Å². The zero-order chi connectivity index (χ0) is 9.68. The van der Waals surface area contributed by atoms with Gasteiger partial charge in [0.2, 0.25) is 0 Å². The Balaban J connectivity index is 2.46. The van der Waals surface area contributed by atoms with E-state index in [0.717, 1.165) is 17.8 Å². The summed E-state index contributed by atoms with van der Waals surface area (Å²) in [7, 11) is 0. The van der Waals surface area contributed by atoms with E-state index in [-0.39, 0.29) is 0 Å². The Hall–Kier alpha value is 0. The SMILES string of the molecule is CCCC1CCCCCC(C)C1C. The quantitative estimate of drug-likeness (QED) is 0.583. The van der Waals surface area contributed by atoms with Gasteiger partial charge in [-0.25, -0.2) is 0 Å². The fourth-order valence-corrected chi connectivity index (χ4v) is 2.82. The van der Waals surface area contributed by atoms with Crippen LogP contribution in [0.25, 0.3) is 0 Å². The maximum absolute atomic E-state index is 2.48. The lowest BCUT2D eigenvalue weighted by Gasteiger charge is -2.31. The second-order valence-corrected chi connectivity index (χ2v) is 5.02. The van der Waals surface area contributed by atoms with Crippen LogP contribution in [0.3, 0.4) is 0 Å². The van der Waals surface area contributed by atoms with Gasteiger partial charge in [0.05, 0.1) is 0 Å². The highest BCUT2D eigenvalue weighted by Crippen LogP contribution is 2.34. The summed E-state index contributed by atoms with van der Waals surface area (Å²) in [4.78, 5) is 0. The van der Waals surface area contributed by atoms with Crippen molar-refractivity contribution in [3.05, 3.63) is 0 Å². The second-order valence-electron chi connectivity index (χ2n) is 5.02. The molecule has 78 valence electrons. The first-order chi connectivity index (χ1) is 6.25. The van der Waals surface area contributed by atoms with E-state index in [2.05, 4.69) is 20.8 Å². The highest BCUT2D eigenvalue weighted by Gasteiger charge is 2.23. The number of rotatable bonds is 2. The lowest BCUT2D eigenvalue weighted by atomic mass is 9.75. The number of hydrogen-bond acceptors (Lipinski definition) is 0. The van der Waals surface area contributed by atoms with Gasteiger partial charge in [-0.1, -0.05) is 65.7 Å². The third-order valence-electron chi connectivity index (χ3n) is 4.03. The zero-order valence-electron chi connectivity index (χ0n) is 9.68. The summed E-state index contributed by atoms with van der Waals surface area (Å²) in [6.07, 6.45) is 10.3. The molecule has 1 rings (SSSR count). The summed E-state index contributed by atoms with van der Waals surface area (Å²) in [6, 6.07) is 0. The molecular weight excluding hydrogens is 156 g/mol. The molecule has 0 saturated heterocycles. The van der Waals surface area contributed by atoms with E-state index in [4.69, 9.17) is 0 Å². The molecule has 0 spiro atoms. The molecule has 1 aliphatic carbocycles. The van der Waals surface area contributed by atoms with E-state index in [1.807, 2.05) is 0 Å². The Bertz CT molecular complexity index is 128. The fourth-order valence-electron chi connectivity index (χ4n) is 2.82. The molecule has 0 radical (unpaired) electrons. The van der Waals surface area contributed by atoms with Crippen molar-refractivity contribution in [3.8, 4) is 0 Å². The minimum Gasteiger partial charge on any atom is -0.0654 e. The first-order valence-corrected chi connectivity index (χ1v) is 6.25. The Morgan fingerprint density at radius 3 is 2.38 bits per heavy atom. The van der Waals surface area contributed by atoms with Crippen molar-refractivity contribution in [1.29, 1.82) is 0 Å². The van der Waals surface area contributed by atoms with Crippen molar-refractivity contribution in [3.63, 3.8) is 0 Å². The van der Waals surface area contributed by atoms with Gasteiger partial charge in [0, 0.05) is 0 Å². The van der Waals surface area contributed by atoms with Gasteiger partial charge < -0.3 is 0 Å². The molecule has 0 N–H and O–H groups in total. The van der Waals surface area contributed by atoms with Gasteiger partial charge in [0.15, 0.2) is 0 Å². The van der Waals surface area contributed by atoms with Crippen LogP contribution in [0.15, 0.2) is 0 Å². The summed E-state index contributed by atoms with van der Waals surface area (Å²) in [6.45, 7) is 7.27. The van der Waals surface area contributed by atoms with E-state index >= 15 is 0 Å². The van der Waals surface area contributed by atoms with Crippen LogP contribution in [0.4, 0.5) is 0 Å². The van der Waals surface area contributed by atoms with E-state index in [1.165, 1.54) is 44.9 Å². The van der Waals surface area contributed by atoms with E-state index < -0.39 is 0 Å². The lowest BCUT2D eigenvalue weighted by Crippen LogP contribution is -2.20. The Labute approximate surface area is 84.1 Å². The minimum absolute atomic E-state index is 0.969. The molecule has 3 atom stereocenters. The van der Waals surface area contributed by atoms with Gasteiger partial charge in [-0.15, -0.1) is 0 Å². The van der Waals surface area contributed by atoms with Crippen molar-refractivity contribution in [2.75, 3.05) is 0 Å². The normalized spacial score (nSPS) is 36.7. The molecule has 0 aromatic carbocycles. The smallest absolute Gasteiger partial charge is 0.0386 e. The Kier molecular flexibility index (Phi) is 4.83. The molecule has 0 aromatic rings. The van der Waals surface area contributed by atoms with Crippen LogP contribution in [0.5, 0.6) is 0 Å². The maximum atomic E-state index is 2.48. The predicted octanol–water partition coefficient (Wildman–Crippen LogP) is 4.64. The zero-order valence-corrected chi connectivity index (χ0v) is 9.68. The van der Waals surface area contributed by atoms with Crippen molar-refractivity contribution in [1.82, 2.24) is 0 Å². The molecular formula is C13H26. The average Bonchev–Trinajstić information content (AvgIpc) is 2.12. The first kappa shape index (κ1) is 11.1. The molecule has 0 amide bonds. The van der Waals surface area contributed by atoms with Gasteiger partial charge in [-0.2, -0.15) is 0 Å². The molecule has 3 unspecified atom stereocenters. The summed E-state index contributed by atoms with van der Waals surface area (Å²) in [5.41, 5.74) is 0. The van der Waals surface area contributed by atoms with Crippen molar-refractivity contribution in [2.45, 2.75) is 65.7 Å². The van der Waals surface area contributed by atoms with Crippen LogP contribution in [0, 0.1) is 17.8 Å². The number of hydrogen-bond donors (Lipinski definition) is 0. The van der Waals surface area contributed by atoms with Crippen molar-refractivity contribution < 1.29 is 0 Å².